The van der Waals surface area contributed by atoms with Crippen molar-refractivity contribution in [1.82, 2.24) is 14.9 Å². The second-order valence-corrected chi connectivity index (χ2v) is 9.06. The van der Waals surface area contributed by atoms with Crippen molar-refractivity contribution in [1.29, 1.82) is 0 Å². The second-order valence-electron chi connectivity index (χ2n) is 9.06. The number of hydrogen-bond donors (Lipinski definition) is 4. The average molecular weight is 499 g/mol. The number of likely N-dealkylation sites (tertiary alicyclic amines) is 1. The van der Waals surface area contributed by atoms with E-state index in [2.05, 4.69) is 32.0 Å². The molecule has 0 radical (unpaired) electrons. The standard InChI is InChI=1S/C28H26N4O5/c1-17-14-18(4-3-11-32-12-8-20(33)9-13-32)6-7-22(17)31-27-24(28(35)36)25(34)23(37-27)15-19-16-30-26-21(19)5-2-10-29-26/h2,5-7,10,14-16,20,31,33H,8-9,11-13H2,1H3,(H,29,30)(H,35,36). The number of Topliss-reactive ketones (excluding diaryl/α,β-unsaturated/α-hetero) is 1. The van der Waals surface area contributed by atoms with E-state index in [1.165, 1.54) is 6.08 Å². The first kappa shape index (κ1) is 24.3. The summed E-state index contributed by atoms with van der Waals surface area (Å²) in [6.07, 6.45) is 6.19. The number of aromatic amines is 1. The molecule has 3 aromatic rings. The molecule has 2 aliphatic heterocycles. The van der Waals surface area contributed by atoms with Crippen LogP contribution in [0.5, 0.6) is 0 Å². The number of allylic oxidation sites excluding steroid dienone is 1. The van der Waals surface area contributed by atoms with Gasteiger partial charge in [0.25, 0.3) is 0 Å². The molecular weight excluding hydrogens is 472 g/mol. The molecule has 5 rings (SSSR count). The molecule has 0 spiro atoms. The molecule has 0 saturated carbocycles. The van der Waals surface area contributed by atoms with Crippen LogP contribution in [-0.4, -0.2) is 62.6 Å². The van der Waals surface area contributed by atoms with Gasteiger partial charge in [-0.25, -0.2) is 9.78 Å². The van der Waals surface area contributed by atoms with E-state index in [9.17, 15) is 19.8 Å². The smallest absolute Gasteiger partial charge is 0.345 e. The summed E-state index contributed by atoms with van der Waals surface area (Å²) in [5, 5.41) is 23.1. The number of rotatable bonds is 5. The molecule has 9 heteroatoms. The number of carboxylic acids is 1. The van der Waals surface area contributed by atoms with Crippen molar-refractivity contribution in [3.63, 3.8) is 0 Å². The topological polar surface area (TPSA) is 128 Å². The van der Waals surface area contributed by atoms with E-state index in [4.69, 9.17) is 4.74 Å². The number of carbonyl (C=O) groups excluding carboxylic acids is 1. The summed E-state index contributed by atoms with van der Waals surface area (Å²) in [5.74, 6) is 4.03. The van der Waals surface area contributed by atoms with Crippen LogP contribution in [0.3, 0.4) is 0 Å². The van der Waals surface area contributed by atoms with Gasteiger partial charge in [-0.2, -0.15) is 0 Å². The van der Waals surface area contributed by atoms with Gasteiger partial charge >= 0.3 is 5.97 Å². The Hall–Kier alpha value is -4.39. The Bertz CT molecular complexity index is 1500. The number of aryl methyl sites for hydroxylation is 1. The van der Waals surface area contributed by atoms with E-state index in [1.54, 1.807) is 24.5 Å². The molecule has 0 unspecified atom stereocenters. The summed E-state index contributed by atoms with van der Waals surface area (Å²) >= 11 is 0. The van der Waals surface area contributed by atoms with Gasteiger partial charge in [0.2, 0.25) is 11.7 Å². The van der Waals surface area contributed by atoms with Gasteiger partial charge in [-0.3, -0.25) is 9.69 Å². The van der Waals surface area contributed by atoms with Crippen LogP contribution in [0.1, 0.15) is 29.5 Å². The van der Waals surface area contributed by atoms with Gasteiger partial charge in [-0.1, -0.05) is 11.8 Å². The van der Waals surface area contributed by atoms with Gasteiger partial charge in [0.15, 0.2) is 11.3 Å². The number of aromatic nitrogens is 2. The molecule has 0 aliphatic carbocycles. The zero-order valence-corrected chi connectivity index (χ0v) is 20.2. The molecule has 1 aromatic carbocycles. The number of piperidine rings is 1. The van der Waals surface area contributed by atoms with Gasteiger partial charge in [0, 0.05) is 47.7 Å². The number of benzene rings is 1. The summed E-state index contributed by atoms with van der Waals surface area (Å²) in [4.78, 5) is 34.2. The number of nitrogens with one attached hydrogen (secondary N) is 2. The summed E-state index contributed by atoms with van der Waals surface area (Å²) in [6, 6.07) is 9.13. The van der Waals surface area contributed by atoms with Crippen LogP contribution < -0.4 is 5.32 Å². The third-order valence-corrected chi connectivity index (χ3v) is 6.44. The van der Waals surface area contributed by atoms with Crippen molar-refractivity contribution in [2.45, 2.75) is 25.9 Å². The van der Waals surface area contributed by atoms with Crippen LogP contribution in [-0.2, 0) is 14.3 Å². The molecule has 2 aromatic heterocycles. The van der Waals surface area contributed by atoms with E-state index in [-0.39, 0.29) is 17.7 Å². The van der Waals surface area contributed by atoms with Gasteiger partial charge in [-0.15, -0.1) is 0 Å². The van der Waals surface area contributed by atoms with E-state index in [0.29, 0.717) is 23.4 Å². The fraction of sp³-hybridized carbons (Fsp3) is 0.250. The molecular formula is C28H26N4O5. The lowest BCUT2D eigenvalue weighted by Crippen LogP contribution is -2.35. The number of aliphatic hydroxyl groups excluding tert-OH is 1. The number of carboxylic acid groups (broad SMARTS) is 1. The van der Waals surface area contributed by atoms with Gasteiger partial charge in [0.1, 0.15) is 5.65 Å². The molecule has 2 aliphatic rings. The van der Waals surface area contributed by atoms with Gasteiger partial charge in [-0.05, 0) is 61.7 Å². The second kappa shape index (κ2) is 10.3. The fourth-order valence-corrected chi connectivity index (χ4v) is 4.38. The van der Waals surface area contributed by atoms with Crippen LogP contribution in [0, 0.1) is 18.8 Å². The molecule has 9 nitrogen and oxygen atoms in total. The maximum atomic E-state index is 12.9. The predicted molar refractivity (Wildman–Crippen MR) is 138 cm³/mol. The summed E-state index contributed by atoms with van der Waals surface area (Å²) in [5.41, 5.74) is 3.11. The van der Waals surface area contributed by atoms with Crippen molar-refractivity contribution in [3.05, 3.63) is 76.6 Å². The molecule has 0 amide bonds. The quantitative estimate of drug-likeness (QED) is 0.240. The Balaban J connectivity index is 1.32. The van der Waals surface area contributed by atoms with Crippen LogP contribution in [0.25, 0.3) is 17.1 Å². The SMILES string of the molecule is Cc1cc(C#CCN2CCC(O)CC2)ccc1NC1=C(C(=O)O)C(=O)C(=Cc2c[nH]c3ncccc23)O1. The lowest BCUT2D eigenvalue weighted by Gasteiger charge is -2.27. The predicted octanol–water partition coefficient (Wildman–Crippen LogP) is 3.03. The number of hydrogen-bond acceptors (Lipinski definition) is 7. The minimum absolute atomic E-state index is 0.0879. The molecule has 188 valence electrons. The number of aliphatic hydroxyl groups is 1. The van der Waals surface area contributed by atoms with E-state index < -0.39 is 17.3 Å². The number of ketones is 1. The maximum absolute atomic E-state index is 12.9. The highest BCUT2D eigenvalue weighted by atomic mass is 16.5. The molecule has 4 heterocycles. The van der Waals surface area contributed by atoms with Crippen molar-refractivity contribution >= 4 is 34.5 Å². The van der Waals surface area contributed by atoms with Crippen LogP contribution >= 0.6 is 0 Å². The Morgan fingerprint density at radius 1 is 1.32 bits per heavy atom. The Labute approximate surface area is 213 Å². The van der Waals surface area contributed by atoms with E-state index >= 15 is 0 Å². The minimum atomic E-state index is -1.37. The number of fused-ring (bicyclic) bond motifs is 1. The van der Waals surface area contributed by atoms with Crippen molar-refractivity contribution < 1.29 is 24.5 Å². The molecule has 37 heavy (non-hydrogen) atoms. The van der Waals surface area contributed by atoms with Gasteiger partial charge < -0.3 is 25.3 Å². The Morgan fingerprint density at radius 3 is 2.89 bits per heavy atom. The first-order valence-electron chi connectivity index (χ1n) is 12.0. The third kappa shape index (κ3) is 5.26. The normalized spacial score (nSPS) is 17.7. The molecule has 1 saturated heterocycles. The maximum Gasteiger partial charge on any atom is 0.345 e. The number of pyridine rings is 1. The van der Waals surface area contributed by atoms with Gasteiger partial charge in [0.05, 0.1) is 12.6 Å². The zero-order valence-electron chi connectivity index (χ0n) is 20.2. The van der Waals surface area contributed by atoms with Crippen molar-refractivity contribution in [3.8, 4) is 11.8 Å². The number of anilines is 1. The van der Waals surface area contributed by atoms with Crippen LogP contribution in [0.4, 0.5) is 5.69 Å². The Kier molecular flexibility index (Phi) is 6.77. The monoisotopic (exact) mass is 498 g/mol. The van der Waals surface area contributed by atoms with Crippen molar-refractivity contribution in [2.75, 3.05) is 25.0 Å². The molecule has 0 bridgehead atoms. The highest BCUT2D eigenvalue weighted by molar-refractivity contribution is 6.26. The highest BCUT2D eigenvalue weighted by Crippen LogP contribution is 2.30. The average Bonchev–Trinajstić information content (AvgIpc) is 3.42. The van der Waals surface area contributed by atoms with E-state index in [0.717, 1.165) is 42.4 Å². The highest BCUT2D eigenvalue weighted by Gasteiger charge is 2.36. The number of ether oxygens (including phenoxy) is 1. The minimum Gasteiger partial charge on any atom is -0.477 e. The third-order valence-electron chi connectivity index (χ3n) is 6.44. The lowest BCUT2D eigenvalue weighted by molar-refractivity contribution is -0.134. The summed E-state index contributed by atoms with van der Waals surface area (Å²) < 4.78 is 5.71. The number of carbonyl (C=O) groups is 2. The number of H-pyrrole nitrogens is 1. The summed E-state index contributed by atoms with van der Waals surface area (Å²) in [6.45, 7) is 4.18. The van der Waals surface area contributed by atoms with E-state index in [1.807, 2.05) is 25.1 Å². The number of nitrogens with zero attached hydrogens (tertiary/aromatic N) is 2. The first-order valence-corrected chi connectivity index (χ1v) is 12.0. The van der Waals surface area contributed by atoms with Crippen LogP contribution in [0.2, 0.25) is 0 Å². The lowest BCUT2D eigenvalue weighted by atomic mass is 10.1. The summed E-state index contributed by atoms with van der Waals surface area (Å²) in [7, 11) is 0. The molecule has 4 N–H and O–H groups in total. The Morgan fingerprint density at radius 2 is 2.14 bits per heavy atom. The fourth-order valence-electron chi connectivity index (χ4n) is 4.38. The first-order chi connectivity index (χ1) is 17.9. The molecule has 1 fully saturated rings. The number of aliphatic carboxylic acids is 1. The van der Waals surface area contributed by atoms with Crippen LogP contribution in [0.15, 0.2) is 59.9 Å². The molecule has 0 atom stereocenters. The zero-order chi connectivity index (χ0) is 25.9. The largest absolute Gasteiger partial charge is 0.477 e. The van der Waals surface area contributed by atoms with Crippen molar-refractivity contribution in [2.24, 2.45) is 0 Å².